The van der Waals surface area contributed by atoms with Gasteiger partial charge in [-0.25, -0.2) is 0 Å². The van der Waals surface area contributed by atoms with Crippen molar-refractivity contribution in [2.24, 2.45) is 5.92 Å². The number of carbonyl (C=O) groups excluding carboxylic acids is 2. The molecule has 0 atom stereocenters. The van der Waals surface area contributed by atoms with Crippen molar-refractivity contribution in [3.63, 3.8) is 0 Å². The number of amides is 2. The fraction of sp³-hybridized carbons (Fsp3) is 0.286. The van der Waals surface area contributed by atoms with Gasteiger partial charge in [0.15, 0.2) is 5.11 Å². The molecule has 2 amide bonds. The molecule has 1 aliphatic rings. The maximum atomic E-state index is 12.4. The number of nitrogens with one attached hydrogen (secondary N) is 3. The van der Waals surface area contributed by atoms with Crippen LogP contribution in [0.1, 0.15) is 42.5 Å². The Kier molecular flexibility index (Phi) is 7.08. The minimum absolute atomic E-state index is 0.0217. The Labute approximate surface area is 179 Å². The van der Waals surface area contributed by atoms with E-state index in [1.54, 1.807) is 24.3 Å². The van der Waals surface area contributed by atoms with E-state index < -0.39 is 10.8 Å². The van der Waals surface area contributed by atoms with Crippen LogP contribution >= 0.6 is 12.2 Å². The summed E-state index contributed by atoms with van der Waals surface area (Å²) in [7, 11) is 0. The van der Waals surface area contributed by atoms with Gasteiger partial charge in [0.1, 0.15) is 0 Å². The summed E-state index contributed by atoms with van der Waals surface area (Å²) < 4.78 is 0. The first kappa shape index (κ1) is 21.4. The smallest absolute Gasteiger partial charge is 0.270 e. The maximum absolute atomic E-state index is 12.4. The van der Waals surface area contributed by atoms with Gasteiger partial charge in [-0.3, -0.25) is 25.0 Å². The standard InChI is InChI=1S/C21H22N4O4S/c26-19(14-6-2-1-3-7-14)22-16-9-5-10-17(13-16)23-21(30)24-20(27)15-8-4-11-18(12-15)25(28)29/h4-5,8-14H,1-3,6-7H2,(H,22,26)(H2,23,24,27,30). The number of anilines is 2. The highest BCUT2D eigenvalue weighted by molar-refractivity contribution is 7.80. The molecule has 3 N–H and O–H groups in total. The topological polar surface area (TPSA) is 113 Å². The molecule has 3 rings (SSSR count). The van der Waals surface area contributed by atoms with Crippen LogP contribution < -0.4 is 16.0 Å². The fourth-order valence-corrected chi connectivity index (χ4v) is 3.59. The van der Waals surface area contributed by atoms with Gasteiger partial charge in [0.05, 0.1) is 4.92 Å². The lowest BCUT2D eigenvalue weighted by atomic mass is 9.88. The van der Waals surface area contributed by atoms with Crippen molar-refractivity contribution in [2.75, 3.05) is 10.6 Å². The first-order valence-electron chi connectivity index (χ1n) is 9.70. The van der Waals surface area contributed by atoms with Crippen LogP contribution in [0, 0.1) is 16.0 Å². The molecule has 9 heteroatoms. The molecule has 30 heavy (non-hydrogen) atoms. The summed E-state index contributed by atoms with van der Waals surface area (Å²) in [4.78, 5) is 35.0. The second kappa shape index (κ2) is 9.93. The van der Waals surface area contributed by atoms with Crippen molar-refractivity contribution in [3.05, 3.63) is 64.2 Å². The predicted molar refractivity (Wildman–Crippen MR) is 118 cm³/mol. The second-order valence-electron chi connectivity index (χ2n) is 7.12. The van der Waals surface area contributed by atoms with Crippen LogP contribution in [0.5, 0.6) is 0 Å². The molecule has 0 spiro atoms. The molecule has 0 bridgehead atoms. The molecular weight excluding hydrogens is 404 g/mol. The number of nitrogens with zero attached hydrogens (tertiary/aromatic N) is 1. The van der Waals surface area contributed by atoms with Crippen LogP contribution in [0.15, 0.2) is 48.5 Å². The van der Waals surface area contributed by atoms with Crippen molar-refractivity contribution in [3.8, 4) is 0 Å². The molecule has 0 heterocycles. The summed E-state index contributed by atoms with van der Waals surface area (Å²) >= 11 is 5.17. The van der Waals surface area contributed by atoms with Gasteiger partial charge in [-0.1, -0.05) is 31.4 Å². The number of non-ortho nitro benzene ring substituents is 1. The van der Waals surface area contributed by atoms with E-state index in [0.717, 1.165) is 25.7 Å². The van der Waals surface area contributed by atoms with Crippen LogP contribution in [0.25, 0.3) is 0 Å². The van der Waals surface area contributed by atoms with E-state index in [1.165, 1.54) is 30.7 Å². The van der Waals surface area contributed by atoms with Crippen molar-refractivity contribution in [2.45, 2.75) is 32.1 Å². The average Bonchev–Trinajstić information content (AvgIpc) is 2.74. The molecule has 1 fully saturated rings. The van der Waals surface area contributed by atoms with E-state index in [4.69, 9.17) is 12.2 Å². The van der Waals surface area contributed by atoms with Gasteiger partial charge < -0.3 is 10.6 Å². The SMILES string of the molecule is O=C(NC(=S)Nc1cccc(NC(=O)C2CCCCC2)c1)c1cccc([N+](=O)[O-])c1. The Bertz CT molecular complexity index is 973. The zero-order chi connectivity index (χ0) is 21.5. The Morgan fingerprint density at radius 1 is 0.967 bits per heavy atom. The Balaban J connectivity index is 1.58. The molecule has 0 radical (unpaired) electrons. The molecule has 1 aliphatic carbocycles. The lowest BCUT2D eigenvalue weighted by Crippen LogP contribution is -2.34. The number of nitro groups is 1. The summed E-state index contributed by atoms with van der Waals surface area (Å²) in [6, 6.07) is 12.4. The fourth-order valence-electron chi connectivity index (χ4n) is 3.38. The number of nitro benzene ring substituents is 1. The monoisotopic (exact) mass is 426 g/mol. The number of rotatable bonds is 5. The Morgan fingerprint density at radius 3 is 2.33 bits per heavy atom. The van der Waals surface area contributed by atoms with Crippen molar-refractivity contribution < 1.29 is 14.5 Å². The first-order chi connectivity index (χ1) is 14.4. The molecule has 0 aromatic heterocycles. The summed E-state index contributed by atoms with van der Waals surface area (Å²) in [5.74, 6) is -0.489. The molecule has 0 unspecified atom stereocenters. The van der Waals surface area contributed by atoms with Crippen molar-refractivity contribution >= 4 is 46.2 Å². The van der Waals surface area contributed by atoms with E-state index in [2.05, 4.69) is 16.0 Å². The van der Waals surface area contributed by atoms with Gasteiger partial charge in [-0.2, -0.15) is 0 Å². The van der Waals surface area contributed by atoms with Crippen molar-refractivity contribution in [1.82, 2.24) is 5.32 Å². The van der Waals surface area contributed by atoms with Gasteiger partial charge in [-0.05, 0) is 49.3 Å². The summed E-state index contributed by atoms with van der Waals surface area (Å²) in [5, 5.41) is 19.2. The van der Waals surface area contributed by atoms with E-state index in [1.807, 2.05) is 0 Å². The van der Waals surface area contributed by atoms with Crippen LogP contribution in [0.4, 0.5) is 17.1 Å². The third kappa shape index (κ3) is 5.84. The van der Waals surface area contributed by atoms with E-state index >= 15 is 0 Å². The van der Waals surface area contributed by atoms with Crippen LogP contribution in [0.3, 0.4) is 0 Å². The summed E-state index contributed by atoms with van der Waals surface area (Å²) in [5.41, 5.74) is 1.19. The third-order valence-electron chi connectivity index (χ3n) is 4.91. The van der Waals surface area contributed by atoms with E-state index in [-0.39, 0.29) is 28.2 Å². The molecule has 0 saturated heterocycles. The Morgan fingerprint density at radius 2 is 1.63 bits per heavy atom. The zero-order valence-electron chi connectivity index (χ0n) is 16.2. The molecular formula is C21H22N4O4S. The van der Waals surface area contributed by atoms with Crippen LogP contribution in [-0.4, -0.2) is 21.9 Å². The largest absolute Gasteiger partial charge is 0.332 e. The van der Waals surface area contributed by atoms with Crippen LogP contribution in [0.2, 0.25) is 0 Å². The molecule has 1 saturated carbocycles. The lowest BCUT2D eigenvalue weighted by molar-refractivity contribution is -0.384. The highest BCUT2D eigenvalue weighted by atomic mass is 32.1. The number of thiocarbonyl (C=S) groups is 1. The van der Waals surface area contributed by atoms with Gasteiger partial charge in [0.2, 0.25) is 5.91 Å². The number of hydrogen-bond donors (Lipinski definition) is 3. The van der Waals surface area contributed by atoms with Gasteiger partial charge in [0.25, 0.3) is 11.6 Å². The predicted octanol–water partition coefficient (Wildman–Crippen LogP) is 4.24. The normalized spacial score (nSPS) is 13.9. The summed E-state index contributed by atoms with van der Waals surface area (Å²) in [6.45, 7) is 0. The molecule has 2 aromatic rings. The van der Waals surface area contributed by atoms with Gasteiger partial charge >= 0.3 is 0 Å². The van der Waals surface area contributed by atoms with Crippen LogP contribution in [-0.2, 0) is 4.79 Å². The maximum Gasteiger partial charge on any atom is 0.270 e. The first-order valence-corrected chi connectivity index (χ1v) is 10.1. The van der Waals surface area contributed by atoms with E-state index in [9.17, 15) is 19.7 Å². The number of hydrogen-bond acceptors (Lipinski definition) is 5. The van der Waals surface area contributed by atoms with Gasteiger partial charge in [0, 0.05) is 35.0 Å². The molecule has 0 aliphatic heterocycles. The number of carbonyl (C=O) groups is 2. The van der Waals surface area contributed by atoms with Gasteiger partial charge in [-0.15, -0.1) is 0 Å². The second-order valence-corrected chi connectivity index (χ2v) is 7.53. The third-order valence-corrected chi connectivity index (χ3v) is 5.11. The highest BCUT2D eigenvalue weighted by Crippen LogP contribution is 2.25. The lowest BCUT2D eigenvalue weighted by Gasteiger charge is -2.21. The highest BCUT2D eigenvalue weighted by Gasteiger charge is 2.21. The Hall–Kier alpha value is -3.33. The average molecular weight is 426 g/mol. The minimum atomic E-state index is -0.569. The molecule has 156 valence electrons. The minimum Gasteiger partial charge on any atom is -0.332 e. The van der Waals surface area contributed by atoms with Crippen molar-refractivity contribution in [1.29, 1.82) is 0 Å². The number of benzene rings is 2. The zero-order valence-corrected chi connectivity index (χ0v) is 17.0. The quantitative estimate of drug-likeness (QED) is 0.374. The summed E-state index contributed by atoms with van der Waals surface area (Å²) in [6.07, 6.45) is 5.17. The molecule has 8 nitrogen and oxygen atoms in total. The molecule has 2 aromatic carbocycles. The van der Waals surface area contributed by atoms with E-state index in [0.29, 0.717) is 11.4 Å².